The van der Waals surface area contributed by atoms with Gasteiger partial charge >= 0.3 is 0 Å². The van der Waals surface area contributed by atoms with E-state index in [0.29, 0.717) is 6.54 Å². The number of anilines is 1. The van der Waals surface area contributed by atoms with Crippen LogP contribution in [0.5, 0.6) is 0 Å². The van der Waals surface area contributed by atoms with E-state index in [4.69, 9.17) is 4.42 Å². The summed E-state index contributed by atoms with van der Waals surface area (Å²) in [5.41, 5.74) is 2.01. The summed E-state index contributed by atoms with van der Waals surface area (Å²) in [6.45, 7) is 5.18. The minimum Gasteiger partial charge on any atom is -0.467 e. The monoisotopic (exact) mass is 300 g/mol. The molecule has 0 spiro atoms. The third-order valence-corrected chi connectivity index (χ3v) is 4.09. The molecule has 1 atom stereocenters. The van der Waals surface area contributed by atoms with Crippen molar-refractivity contribution in [1.82, 2.24) is 15.5 Å². The lowest BCUT2D eigenvalue weighted by Crippen LogP contribution is -2.43. The van der Waals surface area contributed by atoms with E-state index in [-0.39, 0.29) is 11.9 Å². The first kappa shape index (κ1) is 14.6. The van der Waals surface area contributed by atoms with Gasteiger partial charge in [0.05, 0.1) is 18.5 Å². The van der Waals surface area contributed by atoms with Crippen LogP contribution >= 0.6 is 0 Å². The van der Waals surface area contributed by atoms with Crippen molar-refractivity contribution >= 4 is 11.7 Å². The third kappa shape index (κ3) is 2.95. The van der Waals surface area contributed by atoms with Crippen LogP contribution in [0.15, 0.2) is 28.9 Å². The molecule has 6 heteroatoms. The first-order valence-corrected chi connectivity index (χ1v) is 7.53. The molecule has 0 saturated carbocycles. The van der Waals surface area contributed by atoms with E-state index in [2.05, 4.69) is 15.5 Å². The fourth-order valence-electron chi connectivity index (χ4n) is 2.69. The molecule has 1 N–H and O–H groups in total. The number of carbonyl (C=O) groups is 1. The molecule has 0 aliphatic carbocycles. The summed E-state index contributed by atoms with van der Waals surface area (Å²) in [5, 5.41) is 11.3. The average molecular weight is 300 g/mol. The molecule has 22 heavy (non-hydrogen) atoms. The number of nitrogens with zero attached hydrogens (tertiary/aromatic N) is 3. The number of aryl methyl sites for hydroxylation is 2. The fraction of sp³-hybridized carbons (Fsp3) is 0.438. The largest absolute Gasteiger partial charge is 0.467 e. The Morgan fingerprint density at radius 2 is 2.32 bits per heavy atom. The van der Waals surface area contributed by atoms with Gasteiger partial charge in [0, 0.05) is 6.54 Å². The molecule has 1 saturated heterocycles. The van der Waals surface area contributed by atoms with E-state index < -0.39 is 0 Å². The van der Waals surface area contributed by atoms with Crippen LogP contribution in [0.2, 0.25) is 0 Å². The van der Waals surface area contributed by atoms with Crippen LogP contribution in [-0.2, 0) is 11.3 Å². The molecular weight excluding hydrogens is 280 g/mol. The molecule has 3 rings (SSSR count). The zero-order chi connectivity index (χ0) is 15.5. The number of furan rings is 1. The maximum absolute atomic E-state index is 12.4. The summed E-state index contributed by atoms with van der Waals surface area (Å²) in [7, 11) is 0. The highest BCUT2D eigenvalue weighted by atomic mass is 16.3. The Kier molecular flexibility index (Phi) is 4.09. The molecule has 6 nitrogen and oxygen atoms in total. The van der Waals surface area contributed by atoms with Gasteiger partial charge in [-0.2, -0.15) is 5.10 Å². The highest BCUT2D eigenvalue weighted by molar-refractivity contribution is 5.85. The molecular formula is C16H20N4O2. The van der Waals surface area contributed by atoms with Gasteiger partial charge in [0.2, 0.25) is 5.91 Å². The molecule has 1 unspecified atom stereocenters. The van der Waals surface area contributed by atoms with E-state index in [9.17, 15) is 4.79 Å². The Morgan fingerprint density at radius 1 is 1.45 bits per heavy atom. The van der Waals surface area contributed by atoms with Gasteiger partial charge in [-0.1, -0.05) is 0 Å². The van der Waals surface area contributed by atoms with E-state index in [1.165, 1.54) is 0 Å². The van der Waals surface area contributed by atoms with Crippen molar-refractivity contribution < 1.29 is 9.21 Å². The molecule has 2 aromatic rings. The molecule has 3 heterocycles. The van der Waals surface area contributed by atoms with E-state index in [1.54, 1.807) is 6.26 Å². The number of nitrogens with one attached hydrogen (secondary N) is 1. The highest BCUT2D eigenvalue weighted by Gasteiger charge is 2.31. The Labute approximate surface area is 129 Å². The summed E-state index contributed by atoms with van der Waals surface area (Å²) in [5.74, 6) is 1.54. The second-order valence-corrected chi connectivity index (χ2v) is 5.62. The number of amides is 1. The molecule has 1 amide bonds. The molecule has 2 aromatic heterocycles. The number of carbonyl (C=O) groups excluding carboxylic acids is 1. The van der Waals surface area contributed by atoms with Crippen LogP contribution < -0.4 is 10.2 Å². The molecule has 1 aliphatic rings. The normalized spacial score (nSPS) is 17.7. The van der Waals surface area contributed by atoms with Crippen LogP contribution in [0.3, 0.4) is 0 Å². The SMILES string of the molecule is Cc1cc(N2CCCC2C(=O)NCc2ccco2)nnc1C. The third-order valence-electron chi connectivity index (χ3n) is 4.09. The second kappa shape index (κ2) is 6.17. The molecule has 0 bridgehead atoms. The Hall–Kier alpha value is -2.37. The van der Waals surface area contributed by atoms with Gasteiger partial charge in [0.25, 0.3) is 0 Å². The first-order chi connectivity index (χ1) is 10.6. The summed E-state index contributed by atoms with van der Waals surface area (Å²) in [6.07, 6.45) is 3.42. The highest BCUT2D eigenvalue weighted by Crippen LogP contribution is 2.24. The van der Waals surface area contributed by atoms with Crippen LogP contribution in [0.4, 0.5) is 5.82 Å². The van der Waals surface area contributed by atoms with Crippen molar-refractivity contribution in [2.75, 3.05) is 11.4 Å². The van der Waals surface area contributed by atoms with Gasteiger partial charge in [-0.3, -0.25) is 4.79 Å². The summed E-state index contributed by atoms with van der Waals surface area (Å²) < 4.78 is 5.24. The predicted molar refractivity (Wildman–Crippen MR) is 82.4 cm³/mol. The summed E-state index contributed by atoms with van der Waals surface area (Å²) >= 11 is 0. The van der Waals surface area contributed by atoms with Crippen LogP contribution in [0, 0.1) is 13.8 Å². The van der Waals surface area contributed by atoms with Gasteiger partial charge in [-0.25, -0.2) is 0 Å². The van der Waals surface area contributed by atoms with Gasteiger partial charge < -0.3 is 14.6 Å². The molecule has 1 fully saturated rings. The number of hydrogen-bond acceptors (Lipinski definition) is 5. The topological polar surface area (TPSA) is 71.3 Å². The zero-order valence-electron chi connectivity index (χ0n) is 12.9. The van der Waals surface area contributed by atoms with Gasteiger partial charge in [0.1, 0.15) is 11.8 Å². The first-order valence-electron chi connectivity index (χ1n) is 7.53. The average Bonchev–Trinajstić information content (AvgIpc) is 3.18. The van der Waals surface area contributed by atoms with Crippen molar-refractivity contribution in [2.24, 2.45) is 0 Å². The lowest BCUT2D eigenvalue weighted by atomic mass is 10.2. The van der Waals surface area contributed by atoms with Crippen molar-refractivity contribution in [3.8, 4) is 0 Å². The lowest BCUT2D eigenvalue weighted by molar-refractivity contribution is -0.122. The molecule has 116 valence electrons. The van der Waals surface area contributed by atoms with E-state index in [1.807, 2.05) is 36.9 Å². The Bertz CT molecular complexity index is 654. The summed E-state index contributed by atoms with van der Waals surface area (Å²) in [4.78, 5) is 14.5. The number of rotatable bonds is 4. The van der Waals surface area contributed by atoms with Crippen LogP contribution in [-0.4, -0.2) is 28.7 Å². The van der Waals surface area contributed by atoms with Gasteiger partial charge in [-0.15, -0.1) is 5.10 Å². The number of aromatic nitrogens is 2. The van der Waals surface area contributed by atoms with Crippen molar-refractivity contribution in [3.63, 3.8) is 0 Å². The predicted octanol–water partition coefficient (Wildman–Crippen LogP) is 1.97. The smallest absolute Gasteiger partial charge is 0.243 e. The Balaban J connectivity index is 1.69. The minimum absolute atomic E-state index is 0.00827. The van der Waals surface area contributed by atoms with Crippen molar-refractivity contribution in [2.45, 2.75) is 39.3 Å². The molecule has 0 radical (unpaired) electrons. The molecule has 0 aromatic carbocycles. The second-order valence-electron chi connectivity index (χ2n) is 5.62. The zero-order valence-corrected chi connectivity index (χ0v) is 12.9. The molecule has 1 aliphatic heterocycles. The van der Waals surface area contributed by atoms with Crippen molar-refractivity contribution in [3.05, 3.63) is 41.5 Å². The van der Waals surface area contributed by atoms with E-state index in [0.717, 1.165) is 42.2 Å². The minimum atomic E-state index is -0.189. The standard InChI is InChI=1S/C16H20N4O2/c1-11-9-15(19-18-12(11)2)20-7-3-6-14(20)16(21)17-10-13-5-4-8-22-13/h4-5,8-9,14H,3,6-7,10H2,1-2H3,(H,17,21). The van der Waals surface area contributed by atoms with Crippen LogP contribution in [0.25, 0.3) is 0 Å². The van der Waals surface area contributed by atoms with Crippen molar-refractivity contribution in [1.29, 1.82) is 0 Å². The summed E-state index contributed by atoms with van der Waals surface area (Å²) in [6, 6.07) is 5.47. The van der Waals surface area contributed by atoms with Gasteiger partial charge in [-0.05, 0) is 50.5 Å². The lowest BCUT2D eigenvalue weighted by Gasteiger charge is -2.24. The maximum atomic E-state index is 12.4. The van der Waals surface area contributed by atoms with Gasteiger partial charge in [0.15, 0.2) is 5.82 Å². The quantitative estimate of drug-likeness (QED) is 0.934. The van der Waals surface area contributed by atoms with Crippen LogP contribution in [0.1, 0.15) is 29.9 Å². The Morgan fingerprint density at radius 3 is 3.05 bits per heavy atom. The van der Waals surface area contributed by atoms with E-state index >= 15 is 0 Å². The fourth-order valence-corrected chi connectivity index (χ4v) is 2.69. The number of hydrogen-bond donors (Lipinski definition) is 1. The maximum Gasteiger partial charge on any atom is 0.243 e.